The second kappa shape index (κ2) is 30.0. The normalized spacial score (nSPS) is 17.6. The van der Waals surface area contributed by atoms with Crippen molar-refractivity contribution in [2.75, 3.05) is 126 Å². The van der Waals surface area contributed by atoms with Crippen LogP contribution in [0.25, 0.3) is 0 Å². The number of nitrogens with zero attached hydrogens (tertiary/aromatic N) is 6. The molecule has 0 radical (unpaired) electrons. The third kappa shape index (κ3) is 17.4. The van der Waals surface area contributed by atoms with Crippen LogP contribution in [0.3, 0.4) is 0 Å². The van der Waals surface area contributed by atoms with Gasteiger partial charge in [-0.15, -0.1) is 11.8 Å². The topological polar surface area (TPSA) is 189 Å². The van der Waals surface area contributed by atoms with E-state index in [4.69, 9.17) is 52.6 Å². The summed E-state index contributed by atoms with van der Waals surface area (Å²) in [7, 11) is 6.93. The first-order chi connectivity index (χ1) is 38.6. The van der Waals surface area contributed by atoms with Gasteiger partial charge in [-0.25, -0.2) is 0 Å². The Morgan fingerprint density at radius 2 is 1.14 bits per heavy atom. The molecule has 0 spiro atoms. The molecule has 0 saturated carbocycles. The van der Waals surface area contributed by atoms with Gasteiger partial charge in [-0.2, -0.15) is 0 Å². The lowest BCUT2D eigenvalue weighted by Gasteiger charge is -2.30. The van der Waals surface area contributed by atoms with Crippen molar-refractivity contribution in [1.29, 1.82) is 0 Å². The molecule has 80 heavy (non-hydrogen) atoms. The average Bonchev–Trinajstić information content (AvgIpc) is 4.07. The predicted molar refractivity (Wildman–Crippen MR) is 310 cm³/mol. The standard InChI is InChI=1S/C60H80N6O13S/c1-10-42-25-46-33-61-51-31-55(53(71-8)29-49(51)58(69)65(46)35-42)78-37-44-24-45(38-79-56-32-52-50(30-54(56)72-9)59(70)66-36-43(11-2)26-47(66)34-62-52)28-48(27-44)77-17-13-63(6)40-60(4,5)80-39-57(68)64(7)14-16-74-19-21-76-23-22-75-20-18-73-15-12-41(3)67/h10-11,24,27-34,46-47H,12-23,25-26,35-40H2,1-9H3/b42-10+,43-11+/t46-,47-/m0/s1. The van der Waals surface area contributed by atoms with E-state index in [0.717, 1.165) is 24.0 Å². The highest BCUT2D eigenvalue weighted by Crippen LogP contribution is 2.41. The number of fused-ring (bicyclic) bond motifs is 4. The number of amides is 3. The second-order valence-electron chi connectivity index (χ2n) is 20.8. The van der Waals surface area contributed by atoms with Gasteiger partial charge in [0.25, 0.3) is 11.8 Å². The van der Waals surface area contributed by atoms with Crippen molar-refractivity contribution < 1.29 is 61.8 Å². The Kier molecular flexibility index (Phi) is 23.0. The minimum Gasteiger partial charge on any atom is -0.493 e. The number of ether oxygens (including phenoxy) is 9. The predicted octanol–water partition coefficient (Wildman–Crippen LogP) is 7.94. The summed E-state index contributed by atoms with van der Waals surface area (Å²) in [6, 6.07) is 12.5. The monoisotopic (exact) mass is 1120 g/mol. The smallest absolute Gasteiger partial charge is 0.257 e. The number of rotatable bonds is 32. The molecule has 19 nitrogen and oxygen atoms in total. The van der Waals surface area contributed by atoms with Gasteiger partial charge in [0.2, 0.25) is 5.91 Å². The average molecular weight is 1130 g/mol. The quantitative estimate of drug-likeness (QED) is 0.0432. The van der Waals surface area contributed by atoms with Crippen LogP contribution in [0.5, 0.6) is 28.7 Å². The molecule has 0 unspecified atom stereocenters. The van der Waals surface area contributed by atoms with Crippen LogP contribution < -0.4 is 23.7 Å². The number of Topliss-reactive ketones (excluding diaryl/α,β-unsaturated/α-hetero) is 1. The summed E-state index contributed by atoms with van der Waals surface area (Å²) in [5.41, 5.74) is 5.94. The van der Waals surface area contributed by atoms with Crippen molar-refractivity contribution in [2.45, 2.75) is 83.9 Å². The molecule has 20 heteroatoms. The number of ketones is 1. The minimum absolute atomic E-state index is 0.0282. The lowest BCUT2D eigenvalue weighted by atomic mass is 10.1. The van der Waals surface area contributed by atoms with Crippen LogP contribution in [0.4, 0.5) is 11.4 Å². The number of thioether (sulfide) groups is 1. The third-order valence-electron chi connectivity index (χ3n) is 14.1. The van der Waals surface area contributed by atoms with Gasteiger partial charge in [0, 0.05) is 75.5 Å². The zero-order chi connectivity index (χ0) is 57.2. The summed E-state index contributed by atoms with van der Waals surface area (Å²) in [6.45, 7) is 16.8. The molecule has 7 rings (SSSR count). The number of hydrogen-bond acceptors (Lipinski definition) is 17. The fourth-order valence-corrected chi connectivity index (χ4v) is 10.6. The van der Waals surface area contributed by atoms with E-state index in [2.05, 4.69) is 30.9 Å². The number of hydrogen-bond donors (Lipinski definition) is 0. The third-order valence-corrected chi connectivity index (χ3v) is 15.4. The molecule has 2 saturated heterocycles. The summed E-state index contributed by atoms with van der Waals surface area (Å²) in [6.07, 6.45) is 9.72. The summed E-state index contributed by atoms with van der Waals surface area (Å²) >= 11 is 1.61. The fraction of sp³-hybridized carbons (Fsp3) is 0.533. The van der Waals surface area contributed by atoms with Gasteiger partial charge in [-0.1, -0.05) is 23.3 Å². The molecule has 4 heterocycles. The largest absolute Gasteiger partial charge is 0.493 e. The Hall–Kier alpha value is -6.29. The van der Waals surface area contributed by atoms with E-state index in [1.54, 1.807) is 69.1 Å². The van der Waals surface area contributed by atoms with Crippen molar-refractivity contribution in [2.24, 2.45) is 9.98 Å². The lowest BCUT2D eigenvalue weighted by Crippen LogP contribution is -2.38. The Morgan fingerprint density at radius 1 is 0.650 bits per heavy atom. The Bertz CT molecular complexity index is 2630. The molecule has 434 valence electrons. The van der Waals surface area contributed by atoms with E-state index >= 15 is 0 Å². The minimum atomic E-state index is -0.239. The number of methoxy groups -OCH3 is 2. The molecule has 0 aromatic heterocycles. The highest BCUT2D eigenvalue weighted by molar-refractivity contribution is 8.01. The number of carbonyl (C=O) groups excluding carboxylic acids is 4. The van der Waals surface area contributed by atoms with E-state index in [0.29, 0.717) is 156 Å². The van der Waals surface area contributed by atoms with E-state index in [1.165, 1.54) is 11.1 Å². The molecule has 2 fully saturated rings. The number of aliphatic imine (C=N–C) groups is 2. The van der Waals surface area contributed by atoms with E-state index in [1.807, 2.05) is 61.3 Å². The van der Waals surface area contributed by atoms with Crippen molar-refractivity contribution in [3.63, 3.8) is 0 Å². The summed E-state index contributed by atoms with van der Waals surface area (Å²) in [4.78, 5) is 68.7. The molecule has 3 aromatic rings. The van der Waals surface area contributed by atoms with Gasteiger partial charge in [0.05, 0.1) is 107 Å². The van der Waals surface area contributed by atoms with Crippen LogP contribution in [-0.2, 0) is 41.8 Å². The van der Waals surface area contributed by atoms with E-state index in [9.17, 15) is 19.2 Å². The molecule has 4 aliphatic heterocycles. The van der Waals surface area contributed by atoms with Gasteiger partial charge < -0.3 is 62.2 Å². The molecular formula is C60H80N6O13S. The SMILES string of the molecule is C/C=C1\C[C@H]2C=Nc3cc(OCc4cc(COc5cc6c(cc5OC)C(=O)N5C/C(=C/C)C[C@H]5C=N6)cc(OCCN(C)CC(C)(C)SCC(=O)N(C)CCOCCOCCOCCOCCC(C)=O)c4)c(OC)cc3C(=O)N2C1. The van der Waals surface area contributed by atoms with Crippen molar-refractivity contribution in [3.8, 4) is 28.7 Å². The molecular weight excluding hydrogens is 1040 g/mol. The molecule has 3 amide bonds. The lowest BCUT2D eigenvalue weighted by molar-refractivity contribution is -0.127. The number of carbonyl (C=O) groups is 4. The Labute approximate surface area is 475 Å². The fourth-order valence-electron chi connectivity index (χ4n) is 9.60. The summed E-state index contributed by atoms with van der Waals surface area (Å²) in [5, 5.41) is 0. The Morgan fingerprint density at radius 3 is 1.61 bits per heavy atom. The maximum Gasteiger partial charge on any atom is 0.257 e. The van der Waals surface area contributed by atoms with Crippen LogP contribution in [0.15, 0.2) is 75.7 Å². The molecule has 4 aliphatic rings. The van der Waals surface area contributed by atoms with E-state index < -0.39 is 0 Å². The molecule has 0 aliphatic carbocycles. The maximum absolute atomic E-state index is 13.8. The summed E-state index contributed by atoms with van der Waals surface area (Å²) < 4.78 is 52.8. The van der Waals surface area contributed by atoms with Crippen LogP contribution >= 0.6 is 11.8 Å². The van der Waals surface area contributed by atoms with Crippen LogP contribution in [0, 0.1) is 0 Å². The van der Waals surface area contributed by atoms with Gasteiger partial charge in [0.1, 0.15) is 31.4 Å². The number of benzene rings is 3. The zero-order valence-corrected chi connectivity index (χ0v) is 48.9. The Balaban J connectivity index is 0.933. The van der Waals surface area contributed by atoms with Crippen molar-refractivity contribution in [3.05, 3.63) is 88.0 Å². The van der Waals surface area contributed by atoms with Gasteiger partial charge in [-0.3, -0.25) is 29.2 Å². The maximum atomic E-state index is 13.8. The highest BCUT2D eigenvalue weighted by atomic mass is 32.2. The number of likely N-dealkylation sites (N-methyl/N-ethyl adjacent to an activating group) is 2. The van der Waals surface area contributed by atoms with Crippen molar-refractivity contribution >= 4 is 59.1 Å². The van der Waals surface area contributed by atoms with Crippen LogP contribution in [0.2, 0.25) is 0 Å². The molecule has 2 atom stereocenters. The molecule has 0 N–H and O–H groups in total. The first-order valence-corrected chi connectivity index (χ1v) is 28.4. The van der Waals surface area contributed by atoms with Crippen LogP contribution in [0.1, 0.15) is 85.7 Å². The first-order valence-electron chi connectivity index (χ1n) is 27.4. The van der Waals surface area contributed by atoms with Gasteiger partial charge >= 0.3 is 0 Å². The van der Waals surface area contributed by atoms with Crippen molar-refractivity contribution in [1.82, 2.24) is 19.6 Å². The highest BCUT2D eigenvalue weighted by Gasteiger charge is 2.36. The molecule has 3 aromatic carbocycles. The zero-order valence-electron chi connectivity index (χ0n) is 48.0. The van der Waals surface area contributed by atoms with Gasteiger partial charge in [-0.05, 0) is 96.0 Å². The summed E-state index contributed by atoms with van der Waals surface area (Å²) in [5.74, 6) is 2.57. The van der Waals surface area contributed by atoms with Crippen LogP contribution in [-0.4, -0.2) is 199 Å². The molecule has 0 bridgehead atoms. The van der Waals surface area contributed by atoms with Gasteiger partial charge in [0.15, 0.2) is 23.0 Å². The number of allylic oxidation sites excluding steroid dienone is 2. The van der Waals surface area contributed by atoms with E-state index in [-0.39, 0.29) is 53.5 Å². The first kappa shape index (κ1) is 61.3. The second-order valence-corrected chi connectivity index (χ2v) is 22.5.